The lowest BCUT2D eigenvalue weighted by atomic mass is 9.75. The van der Waals surface area contributed by atoms with Crippen molar-refractivity contribution in [1.29, 1.82) is 0 Å². The van der Waals surface area contributed by atoms with Gasteiger partial charge in [-0.05, 0) is 174 Å². The van der Waals surface area contributed by atoms with Crippen LogP contribution in [0.25, 0.3) is 0 Å². The van der Waals surface area contributed by atoms with E-state index >= 15 is 0 Å². The van der Waals surface area contributed by atoms with Crippen molar-refractivity contribution in [2.45, 2.75) is 128 Å². The zero-order chi connectivity index (χ0) is 79.2. The third kappa shape index (κ3) is 16.0. The van der Waals surface area contributed by atoms with Gasteiger partial charge < -0.3 is 56.8 Å². The van der Waals surface area contributed by atoms with E-state index in [1.54, 1.807) is 76.2 Å². The van der Waals surface area contributed by atoms with Crippen molar-refractivity contribution in [3.8, 4) is 46.0 Å². The van der Waals surface area contributed by atoms with Crippen LogP contribution in [0, 0.1) is 0 Å². The second kappa shape index (κ2) is 33.9. The molecule has 0 saturated carbocycles. The van der Waals surface area contributed by atoms with Crippen LogP contribution in [0.2, 0.25) is 0 Å². The number of ether oxygens (including phenoxy) is 12. The SMILES string of the molecule is CCOC(=O)c1ccc(C2Oc3cc4c5cc3C(CCc3ccccc3)c3cc6c(cc3O2)OC(c2ccc(C(=O)OCC)cc2)Oc2cc3c(cc2C6CCc2ccccc2)C(CCc2ccccc2)c2cc(c(cc2OC(c2ccc(C(=O)OCC)cc2)O3)OC(c2ccc(C(=O)OCC)cc2)O4)C5CCc2ccccc2)cc1. The van der Waals surface area contributed by atoms with Gasteiger partial charge in [-0.25, -0.2) is 19.2 Å². The molecule has 4 heterocycles. The molecule has 17 rings (SSSR count). The molecule has 4 aliphatic heterocycles. The van der Waals surface area contributed by atoms with Gasteiger partial charge in [-0.2, -0.15) is 0 Å². The summed E-state index contributed by atoms with van der Waals surface area (Å²) in [6.45, 7) is 7.89. The molecular weight excluding hydrogens is 1460 g/mol. The van der Waals surface area contributed by atoms with E-state index in [4.69, 9.17) is 56.8 Å². The van der Waals surface area contributed by atoms with E-state index in [1.165, 1.54) is 0 Å². The van der Waals surface area contributed by atoms with Gasteiger partial charge in [-0.15, -0.1) is 0 Å². The molecule has 116 heavy (non-hydrogen) atoms. The summed E-state index contributed by atoms with van der Waals surface area (Å²) in [6.07, 6.45) is 0.0721. The minimum Gasteiger partial charge on any atom is -0.462 e. The molecule has 0 aromatic heterocycles. The van der Waals surface area contributed by atoms with Crippen LogP contribution in [0.15, 0.2) is 267 Å². The van der Waals surface area contributed by atoms with E-state index in [-0.39, 0.29) is 26.4 Å². The van der Waals surface area contributed by atoms with E-state index in [2.05, 4.69) is 121 Å². The molecular formula is C100H88O16. The number of rotatable bonds is 24. The molecule has 12 aromatic carbocycles. The van der Waals surface area contributed by atoms with Gasteiger partial charge in [-0.1, -0.05) is 170 Å². The van der Waals surface area contributed by atoms with Crippen molar-refractivity contribution in [3.05, 3.63) is 378 Å². The first kappa shape index (κ1) is 75.6. The van der Waals surface area contributed by atoms with E-state index in [0.29, 0.717) is 142 Å². The Morgan fingerprint density at radius 2 is 0.405 bits per heavy atom. The largest absolute Gasteiger partial charge is 0.462 e. The van der Waals surface area contributed by atoms with Crippen molar-refractivity contribution >= 4 is 23.9 Å². The van der Waals surface area contributed by atoms with Gasteiger partial charge in [0.2, 0.25) is 0 Å². The maximum absolute atomic E-state index is 13.5. The highest BCUT2D eigenvalue weighted by molar-refractivity contribution is 5.91. The number of hydrogen-bond acceptors (Lipinski definition) is 16. The lowest BCUT2D eigenvalue weighted by molar-refractivity contribution is -0.0121. The molecule has 1 aliphatic carbocycles. The molecule has 16 heteroatoms. The van der Waals surface area contributed by atoms with Gasteiger partial charge >= 0.3 is 23.9 Å². The Kier molecular flexibility index (Phi) is 22.1. The molecule has 0 spiro atoms. The third-order valence-corrected chi connectivity index (χ3v) is 22.5. The predicted molar refractivity (Wildman–Crippen MR) is 438 cm³/mol. The van der Waals surface area contributed by atoms with Crippen LogP contribution in [0.3, 0.4) is 0 Å². The van der Waals surface area contributed by atoms with Crippen LogP contribution < -0.4 is 37.9 Å². The Hall–Kier alpha value is -13.1. The number of hydrogen-bond donors (Lipinski definition) is 0. The first-order chi connectivity index (χ1) is 56.9. The summed E-state index contributed by atoms with van der Waals surface area (Å²) < 4.78 is 83.1. The number of esters is 4. The maximum atomic E-state index is 13.5. The second-order valence-corrected chi connectivity index (χ2v) is 29.7. The Labute approximate surface area is 674 Å². The normalized spacial score (nSPS) is 18.2. The molecule has 0 radical (unpaired) electrons. The summed E-state index contributed by atoms with van der Waals surface area (Å²) in [5, 5.41) is 0. The zero-order valence-electron chi connectivity index (χ0n) is 65.0. The lowest BCUT2D eigenvalue weighted by Crippen LogP contribution is -2.26. The van der Waals surface area contributed by atoms with Crippen molar-refractivity contribution in [3.63, 3.8) is 0 Å². The Bertz CT molecular complexity index is 4730. The van der Waals surface area contributed by atoms with Crippen molar-refractivity contribution in [2.75, 3.05) is 26.4 Å². The summed E-state index contributed by atoms with van der Waals surface area (Å²) in [4.78, 5) is 53.9. The standard InChI is InChI=1S/C100H88O16/c1-5-105-93(101)65-33-41-69(42-34-65)97-109-85-57-87-79-53-77(85)73(49-29-61-21-13-9-14-22-61)78-54-80-75(51-31-63-25-17-11-18-26-63)82-56-84-76(52-32-64-27-19-12-20-28-64)83-55-81(74(79)50-30-62-23-15-10-16-24-62)89(113-98(111-87)70-43-35-66(36-44-70)94(102)106-6-2)59-91(83)115-100(72-47-39-68(40-48-72)96(104)108-8-4)116-92(84)60-90(82)114-99(112-88(80)58-86(78)110-97)71-45-37-67(38-46-71)95(103)107-7-3/h9-28,33-48,53-60,73-76,97-100H,5-8,29-32,49-52H2,1-4H3. The van der Waals surface area contributed by atoms with E-state index in [0.717, 1.165) is 66.8 Å². The van der Waals surface area contributed by atoms with Crippen LogP contribution >= 0.6 is 0 Å². The Morgan fingerprint density at radius 3 is 0.569 bits per heavy atom. The molecule has 12 aromatic rings. The zero-order valence-corrected chi connectivity index (χ0v) is 65.0. The summed E-state index contributed by atoms with van der Waals surface area (Å²) in [5.41, 5.74) is 15.2. The highest BCUT2D eigenvalue weighted by atomic mass is 16.7. The molecule has 584 valence electrons. The van der Waals surface area contributed by atoms with Crippen molar-refractivity contribution in [2.24, 2.45) is 0 Å². The Balaban J connectivity index is 0.997. The maximum Gasteiger partial charge on any atom is 0.338 e. The molecule has 16 nitrogen and oxygen atoms in total. The third-order valence-electron chi connectivity index (χ3n) is 22.5. The first-order valence-electron chi connectivity index (χ1n) is 40.2. The summed E-state index contributed by atoms with van der Waals surface area (Å²) in [7, 11) is 0. The fourth-order valence-electron chi connectivity index (χ4n) is 16.6. The minimum absolute atomic E-state index is 0.195. The topological polar surface area (TPSA) is 179 Å². The number of carbonyl (C=O) groups is 4. The average molecular weight is 1550 g/mol. The van der Waals surface area contributed by atoms with Crippen LogP contribution in [0.4, 0.5) is 0 Å². The molecule has 0 unspecified atom stereocenters. The summed E-state index contributed by atoms with van der Waals surface area (Å²) in [5.74, 6) is 0.0402. The summed E-state index contributed by atoms with van der Waals surface area (Å²) in [6, 6.07) is 87.7. The average Bonchev–Trinajstić information content (AvgIpc) is 0.726. The van der Waals surface area contributed by atoms with Gasteiger partial charge in [0, 0.05) is 115 Å². The monoisotopic (exact) mass is 1540 g/mol. The van der Waals surface area contributed by atoms with Crippen LogP contribution in [0.1, 0.15) is 233 Å². The van der Waals surface area contributed by atoms with Gasteiger partial charge in [0.05, 0.1) is 48.7 Å². The number of benzene rings is 12. The van der Waals surface area contributed by atoms with E-state index in [1.807, 2.05) is 97.1 Å². The van der Waals surface area contributed by atoms with Crippen LogP contribution in [-0.2, 0) is 44.6 Å². The minimum atomic E-state index is -1.18. The van der Waals surface area contributed by atoms with Crippen LogP contribution in [-0.4, -0.2) is 50.3 Å². The van der Waals surface area contributed by atoms with E-state index < -0.39 is 72.7 Å². The van der Waals surface area contributed by atoms with Crippen molar-refractivity contribution < 1.29 is 76.0 Å². The first-order valence-corrected chi connectivity index (χ1v) is 40.2. The Morgan fingerprint density at radius 1 is 0.233 bits per heavy atom. The smallest absolute Gasteiger partial charge is 0.338 e. The molecule has 0 atom stereocenters. The second-order valence-electron chi connectivity index (χ2n) is 29.7. The van der Waals surface area contributed by atoms with Crippen LogP contribution in [0.5, 0.6) is 46.0 Å². The lowest BCUT2D eigenvalue weighted by Gasteiger charge is -2.38. The number of carbonyl (C=O) groups excluding carboxylic acids is 4. The molecule has 0 N–H and O–H groups in total. The quantitative estimate of drug-likeness (QED) is 0.0411. The van der Waals surface area contributed by atoms with Gasteiger partial charge in [-0.3, -0.25) is 0 Å². The fraction of sp³-hybridized carbons (Fsp3) is 0.240. The highest BCUT2D eigenvalue weighted by Crippen LogP contribution is 2.58. The molecule has 0 saturated heterocycles. The van der Waals surface area contributed by atoms with Gasteiger partial charge in [0.1, 0.15) is 46.0 Å². The molecule has 5 aliphatic rings. The van der Waals surface area contributed by atoms with Crippen molar-refractivity contribution in [1.82, 2.24) is 0 Å². The summed E-state index contributed by atoms with van der Waals surface area (Å²) >= 11 is 0. The predicted octanol–water partition coefficient (Wildman–Crippen LogP) is 21.6. The van der Waals surface area contributed by atoms with E-state index in [9.17, 15) is 19.2 Å². The fourth-order valence-corrected chi connectivity index (χ4v) is 16.6. The molecule has 0 amide bonds. The number of aryl methyl sites for hydroxylation is 4. The molecule has 0 fully saturated rings. The van der Waals surface area contributed by atoms with Gasteiger partial charge in [0.25, 0.3) is 25.2 Å². The van der Waals surface area contributed by atoms with Gasteiger partial charge in [0.15, 0.2) is 0 Å². The molecule has 8 bridgehead atoms. The highest BCUT2D eigenvalue weighted by Gasteiger charge is 2.42.